The number of thioether (sulfide) groups is 1. The van der Waals surface area contributed by atoms with Crippen LogP contribution in [-0.4, -0.2) is 34.2 Å². The van der Waals surface area contributed by atoms with Gasteiger partial charge in [0.15, 0.2) is 5.17 Å². The number of amides is 2. The van der Waals surface area contributed by atoms with Crippen LogP contribution in [0.15, 0.2) is 83.9 Å². The maximum absolute atomic E-state index is 14.0. The summed E-state index contributed by atoms with van der Waals surface area (Å²) in [6.45, 7) is 0.337. The van der Waals surface area contributed by atoms with Crippen LogP contribution < -0.4 is 10.1 Å². The predicted molar refractivity (Wildman–Crippen MR) is 128 cm³/mol. The van der Waals surface area contributed by atoms with Gasteiger partial charge in [0.1, 0.15) is 16.8 Å². The van der Waals surface area contributed by atoms with Gasteiger partial charge in [0.05, 0.1) is 25.0 Å². The second-order valence-electron chi connectivity index (χ2n) is 7.34. The average molecular weight is 464 g/mol. The molecule has 0 aromatic heterocycles. The molecule has 1 N–H and O–H groups in total. The number of hydrogen-bond donors (Lipinski definition) is 1. The number of methoxy groups -OCH3 is 1. The highest BCUT2D eigenvalue weighted by Crippen LogP contribution is 2.31. The van der Waals surface area contributed by atoms with Crippen LogP contribution in [0.5, 0.6) is 5.75 Å². The molecular weight excluding hydrogens is 441 g/mol. The number of hydrogen-bond acceptors (Lipinski definition) is 5. The Labute approximate surface area is 195 Å². The Morgan fingerprint density at radius 2 is 1.79 bits per heavy atom. The molecule has 1 atom stereocenters. The molecule has 0 radical (unpaired) electrons. The minimum Gasteiger partial charge on any atom is -0.497 e. The van der Waals surface area contributed by atoms with Crippen LogP contribution in [0.2, 0.25) is 0 Å². The van der Waals surface area contributed by atoms with Crippen LogP contribution in [-0.2, 0) is 16.1 Å². The number of anilines is 1. The first-order valence-corrected chi connectivity index (χ1v) is 11.2. The van der Waals surface area contributed by atoms with E-state index in [4.69, 9.17) is 4.74 Å². The lowest BCUT2D eigenvalue weighted by Crippen LogP contribution is -2.44. The first kappa shape index (κ1) is 22.5. The number of carbonyl (C=O) groups excluding carboxylic acids is 2. The van der Waals surface area contributed by atoms with E-state index in [1.54, 1.807) is 48.4 Å². The van der Waals surface area contributed by atoms with Gasteiger partial charge in [-0.2, -0.15) is 0 Å². The van der Waals surface area contributed by atoms with E-state index in [1.165, 1.54) is 23.9 Å². The number of nitrogens with zero attached hydrogens (tertiary/aromatic N) is 2. The van der Waals surface area contributed by atoms with Gasteiger partial charge in [-0.3, -0.25) is 14.5 Å². The van der Waals surface area contributed by atoms with Gasteiger partial charge < -0.3 is 10.1 Å². The second kappa shape index (κ2) is 10.3. The van der Waals surface area contributed by atoms with E-state index in [0.29, 0.717) is 23.1 Å². The number of halogens is 1. The van der Waals surface area contributed by atoms with Gasteiger partial charge in [0, 0.05) is 6.42 Å². The molecule has 1 saturated heterocycles. The number of benzene rings is 3. The molecule has 0 bridgehead atoms. The fourth-order valence-electron chi connectivity index (χ4n) is 3.31. The third-order valence-electron chi connectivity index (χ3n) is 5.04. The number of carbonyl (C=O) groups is 2. The number of ether oxygens (including phenoxy) is 1. The third kappa shape index (κ3) is 5.59. The Morgan fingerprint density at radius 3 is 2.48 bits per heavy atom. The Kier molecular flexibility index (Phi) is 7.04. The molecule has 33 heavy (non-hydrogen) atoms. The summed E-state index contributed by atoms with van der Waals surface area (Å²) in [6.07, 6.45) is -0.0145. The van der Waals surface area contributed by atoms with E-state index in [2.05, 4.69) is 10.3 Å². The van der Waals surface area contributed by atoms with Crippen molar-refractivity contribution < 1.29 is 18.7 Å². The molecule has 3 aromatic carbocycles. The Balaban J connectivity index is 1.60. The van der Waals surface area contributed by atoms with Crippen LogP contribution in [0.3, 0.4) is 0 Å². The number of para-hydroxylation sites is 1. The minimum atomic E-state index is -0.735. The van der Waals surface area contributed by atoms with Crippen LogP contribution in [0.25, 0.3) is 0 Å². The molecule has 0 spiro atoms. The lowest BCUT2D eigenvalue weighted by atomic mass is 10.2. The fourth-order valence-corrected chi connectivity index (χ4v) is 4.40. The molecule has 1 aliphatic heterocycles. The summed E-state index contributed by atoms with van der Waals surface area (Å²) in [5, 5.41) is 2.26. The topological polar surface area (TPSA) is 71.0 Å². The summed E-state index contributed by atoms with van der Waals surface area (Å²) in [5.74, 6) is -0.510. The van der Waals surface area contributed by atoms with Gasteiger partial charge in [0.25, 0.3) is 0 Å². The number of amidine groups is 1. The zero-order chi connectivity index (χ0) is 23.2. The number of aliphatic imine (C=N–C) groups is 1. The van der Waals surface area contributed by atoms with Gasteiger partial charge in [-0.25, -0.2) is 9.38 Å². The van der Waals surface area contributed by atoms with Crippen LogP contribution in [0.1, 0.15) is 12.0 Å². The first-order chi connectivity index (χ1) is 16.0. The molecule has 8 heteroatoms. The van der Waals surface area contributed by atoms with Crippen molar-refractivity contribution in [1.82, 2.24) is 4.90 Å². The van der Waals surface area contributed by atoms with Crippen LogP contribution >= 0.6 is 11.8 Å². The smallest absolute Gasteiger partial charge is 0.238 e. The summed E-state index contributed by atoms with van der Waals surface area (Å²) in [4.78, 5) is 32.2. The van der Waals surface area contributed by atoms with Crippen molar-refractivity contribution in [2.24, 2.45) is 4.99 Å². The third-order valence-corrected chi connectivity index (χ3v) is 6.23. The molecule has 4 rings (SSSR count). The Hall–Kier alpha value is -3.65. The maximum atomic E-state index is 14.0. The molecule has 0 unspecified atom stereocenters. The summed E-state index contributed by atoms with van der Waals surface area (Å²) in [6, 6.07) is 22.6. The number of nitrogens with one attached hydrogen (secondary N) is 1. The normalized spacial score (nSPS) is 17.2. The lowest BCUT2D eigenvalue weighted by Gasteiger charge is -2.32. The van der Waals surface area contributed by atoms with Crippen molar-refractivity contribution in [3.05, 3.63) is 90.2 Å². The number of rotatable bonds is 6. The molecule has 6 nitrogen and oxygen atoms in total. The maximum Gasteiger partial charge on any atom is 0.238 e. The van der Waals surface area contributed by atoms with Gasteiger partial charge in [-0.1, -0.05) is 54.2 Å². The van der Waals surface area contributed by atoms with E-state index in [1.807, 2.05) is 30.3 Å². The SMILES string of the molecule is COc1ccc(N=C2S[C@@H](C(=O)Nc3ccccc3F)CC(=O)N2Cc2ccccc2)cc1. The highest BCUT2D eigenvalue weighted by Gasteiger charge is 2.36. The molecule has 3 aromatic rings. The van der Waals surface area contributed by atoms with Gasteiger partial charge in [0.2, 0.25) is 11.8 Å². The van der Waals surface area contributed by atoms with Crippen LogP contribution in [0, 0.1) is 5.82 Å². The van der Waals surface area contributed by atoms with E-state index in [9.17, 15) is 14.0 Å². The molecule has 2 amide bonds. The lowest BCUT2D eigenvalue weighted by molar-refractivity contribution is -0.129. The molecule has 1 fully saturated rings. The molecule has 1 heterocycles. The van der Waals surface area contributed by atoms with Crippen molar-refractivity contribution >= 4 is 40.1 Å². The van der Waals surface area contributed by atoms with Gasteiger partial charge in [-0.05, 0) is 42.0 Å². The van der Waals surface area contributed by atoms with Gasteiger partial charge >= 0.3 is 0 Å². The average Bonchev–Trinajstić information content (AvgIpc) is 2.83. The Bertz CT molecular complexity index is 1170. The van der Waals surface area contributed by atoms with Crippen molar-refractivity contribution in [2.45, 2.75) is 18.2 Å². The zero-order valence-corrected chi connectivity index (χ0v) is 18.7. The molecular formula is C25H22FN3O3S. The van der Waals surface area contributed by atoms with Crippen molar-refractivity contribution in [1.29, 1.82) is 0 Å². The quantitative estimate of drug-likeness (QED) is 0.559. The first-order valence-electron chi connectivity index (χ1n) is 10.3. The minimum absolute atomic E-state index is 0.0145. The second-order valence-corrected chi connectivity index (χ2v) is 8.51. The van der Waals surface area contributed by atoms with E-state index >= 15 is 0 Å². The zero-order valence-electron chi connectivity index (χ0n) is 17.9. The fraction of sp³-hybridized carbons (Fsp3) is 0.160. The molecule has 168 valence electrons. The highest BCUT2D eigenvalue weighted by atomic mass is 32.2. The standard InChI is InChI=1S/C25H22FN3O3S/c1-32-19-13-11-18(12-14-19)27-25-29(16-17-7-3-2-4-8-17)23(30)15-22(33-25)24(31)28-21-10-6-5-9-20(21)26/h2-14,22H,15-16H2,1H3,(H,28,31)/t22-/m1/s1. The van der Waals surface area contributed by atoms with Gasteiger partial charge in [-0.15, -0.1) is 0 Å². The highest BCUT2D eigenvalue weighted by molar-refractivity contribution is 8.15. The van der Waals surface area contributed by atoms with Crippen molar-refractivity contribution in [2.75, 3.05) is 12.4 Å². The van der Waals surface area contributed by atoms with Crippen molar-refractivity contribution in [3.8, 4) is 5.75 Å². The monoisotopic (exact) mass is 463 g/mol. The summed E-state index contributed by atoms with van der Waals surface area (Å²) in [5.41, 5.74) is 1.65. The van der Waals surface area contributed by atoms with Crippen molar-refractivity contribution in [3.63, 3.8) is 0 Å². The molecule has 0 saturated carbocycles. The Morgan fingerprint density at radius 1 is 1.09 bits per heavy atom. The van der Waals surface area contributed by atoms with E-state index in [0.717, 1.165) is 5.56 Å². The summed E-state index contributed by atoms with van der Waals surface area (Å²) < 4.78 is 19.2. The molecule has 1 aliphatic rings. The van der Waals surface area contributed by atoms with E-state index < -0.39 is 17.0 Å². The largest absolute Gasteiger partial charge is 0.497 e. The van der Waals surface area contributed by atoms with E-state index in [-0.39, 0.29) is 18.0 Å². The summed E-state index contributed by atoms with van der Waals surface area (Å²) in [7, 11) is 1.58. The summed E-state index contributed by atoms with van der Waals surface area (Å²) >= 11 is 1.19. The predicted octanol–water partition coefficient (Wildman–Crippen LogP) is 4.99. The molecule has 0 aliphatic carbocycles. The van der Waals surface area contributed by atoms with Crippen LogP contribution in [0.4, 0.5) is 15.8 Å².